The normalized spacial score (nSPS) is 12.4. The molecule has 0 aliphatic rings. The minimum Gasteiger partial charge on any atom is -0.462 e. The molecule has 0 bridgehead atoms. The molecule has 1 unspecified atom stereocenters. The SMILES string of the molecule is CCCCC/C=C\C/C=C\C/C=C\CCCCCCCCC(=O)OCC(COC(=O)CCCCCCCCCCCCCCCCCCCCCCCC)OC(=O)CCCCCCCCCCC/C=C\C/C=C\CCCCCCC. The maximum atomic E-state index is 13.0. The monoisotopic (exact) mass is 1120 g/mol. The van der Waals surface area contributed by atoms with Crippen LogP contribution in [0.25, 0.3) is 0 Å². The predicted molar refractivity (Wildman–Crippen MR) is 348 cm³/mol. The fourth-order valence-electron chi connectivity index (χ4n) is 10.4. The van der Waals surface area contributed by atoms with Gasteiger partial charge in [0, 0.05) is 19.3 Å². The summed E-state index contributed by atoms with van der Waals surface area (Å²) in [4.78, 5) is 38.5. The third kappa shape index (κ3) is 65.9. The fourth-order valence-corrected chi connectivity index (χ4v) is 10.4. The lowest BCUT2D eigenvalue weighted by molar-refractivity contribution is -0.167. The summed E-state index contributed by atoms with van der Waals surface area (Å²) in [6, 6.07) is 0. The second-order valence-corrected chi connectivity index (χ2v) is 23.8. The molecule has 0 amide bonds. The van der Waals surface area contributed by atoms with Crippen LogP contribution in [-0.4, -0.2) is 37.2 Å². The quantitative estimate of drug-likeness (QED) is 0.0261. The highest BCUT2D eigenvalue weighted by atomic mass is 16.6. The summed E-state index contributed by atoms with van der Waals surface area (Å²) in [6.45, 7) is 6.65. The highest BCUT2D eigenvalue weighted by Gasteiger charge is 2.19. The lowest BCUT2D eigenvalue weighted by Crippen LogP contribution is -2.30. The second kappa shape index (κ2) is 68.6. The first-order valence-electron chi connectivity index (χ1n) is 35.3. The van der Waals surface area contributed by atoms with Crippen LogP contribution in [0.4, 0.5) is 0 Å². The zero-order valence-electron chi connectivity index (χ0n) is 53.6. The second-order valence-electron chi connectivity index (χ2n) is 23.8. The van der Waals surface area contributed by atoms with E-state index in [2.05, 4.69) is 81.5 Å². The van der Waals surface area contributed by atoms with Crippen LogP contribution >= 0.6 is 0 Å². The van der Waals surface area contributed by atoms with E-state index >= 15 is 0 Å². The Morgan fingerprint density at radius 3 is 0.725 bits per heavy atom. The molecule has 0 aliphatic heterocycles. The van der Waals surface area contributed by atoms with Crippen molar-refractivity contribution < 1.29 is 28.6 Å². The number of unbranched alkanes of at least 4 members (excludes halogenated alkanes) is 44. The lowest BCUT2D eigenvalue weighted by atomic mass is 10.0. The van der Waals surface area contributed by atoms with Crippen molar-refractivity contribution in [2.75, 3.05) is 13.2 Å². The molecule has 466 valence electrons. The van der Waals surface area contributed by atoms with E-state index in [-0.39, 0.29) is 31.1 Å². The van der Waals surface area contributed by atoms with E-state index in [1.807, 2.05) is 0 Å². The van der Waals surface area contributed by atoms with Crippen LogP contribution in [0.2, 0.25) is 0 Å². The number of hydrogen-bond acceptors (Lipinski definition) is 6. The van der Waals surface area contributed by atoms with Gasteiger partial charge in [-0.15, -0.1) is 0 Å². The molecule has 6 heteroatoms. The van der Waals surface area contributed by atoms with Gasteiger partial charge in [0.1, 0.15) is 13.2 Å². The predicted octanol–water partition coefficient (Wildman–Crippen LogP) is 24.3. The largest absolute Gasteiger partial charge is 0.462 e. The molecule has 0 heterocycles. The van der Waals surface area contributed by atoms with E-state index < -0.39 is 6.10 Å². The van der Waals surface area contributed by atoms with Gasteiger partial charge in [0.25, 0.3) is 0 Å². The molecular weight excluding hydrogens is 985 g/mol. The van der Waals surface area contributed by atoms with Gasteiger partial charge in [0.2, 0.25) is 0 Å². The van der Waals surface area contributed by atoms with E-state index in [1.165, 1.54) is 250 Å². The van der Waals surface area contributed by atoms with E-state index in [0.29, 0.717) is 19.3 Å². The molecule has 1 atom stereocenters. The first-order valence-corrected chi connectivity index (χ1v) is 35.3. The summed E-state index contributed by atoms with van der Waals surface area (Å²) in [5, 5.41) is 0. The number of hydrogen-bond donors (Lipinski definition) is 0. The molecule has 80 heavy (non-hydrogen) atoms. The van der Waals surface area contributed by atoms with Gasteiger partial charge in [-0.1, -0.05) is 326 Å². The van der Waals surface area contributed by atoms with Crippen LogP contribution in [-0.2, 0) is 28.6 Å². The summed E-state index contributed by atoms with van der Waals surface area (Å²) in [5.41, 5.74) is 0. The third-order valence-electron chi connectivity index (χ3n) is 15.7. The average Bonchev–Trinajstić information content (AvgIpc) is 3.46. The molecule has 0 fully saturated rings. The summed E-state index contributed by atoms with van der Waals surface area (Å²) >= 11 is 0. The zero-order chi connectivity index (χ0) is 57.8. The molecule has 0 spiro atoms. The number of carbonyl (C=O) groups is 3. The Morgan fingerprint density at radius 1 is 0.250 bits per heavy atom. The van der Waals surface area contributed by atoms with Crippen molar-refractivity contribution in [1.29, 1.82) is 0 Å². The standard InChI is InChI=1S/C74H134O6/c1-4-7-10-13-16-19-22-25-28-31-34-36-38-40-43-46-49-52-55-58-61-64-67-73(76)79-70-71(69-78-72(75)66-63-60-57-54-51-48-45-42-39-33-30-27-24-21-18-15-12-9-6-3)80-74(77)68-65-62-59-56-53-50-47-44-41-37-35-32-29-26-23-20-17-14-11-8-5-2/h18,21,23,26-27,30,32,35,39,42,71H,4-17,19-20,22,24-25,28-29,31,33-34,36-38,40-41,43-70H2,1-3H3/b21-18-,26-23-,30-27-,35-32-,42-39-. The van der Waals surface area contributed by atoms with Gasteiger partial charge in [-0.3, -0.25) is 14.4 Å². The van der Waals surface area contributed by atoms with Crippen molar-refractivity contribution >= 4 is 17.9 Å². The van der Waals surface area contributed by atoms with Crippen LogP contribution in [0.3, 0.4) is 0 Å². The summed E-state index contributed by atoms with van der Waals surface area (Å²) < 4.78 is 17.0. The van der Waals surface area contributed by atoms with Gasteiger partial charge in [0.15, 0.2) is 6.10 Å². The maximum absolute atomic E-state index is 13.0. The molecule has 0 aromatic carbocycles. The Balaban J connectivity index is 4.36. The van der Waals surface area contributed by atoms with Crippen molar-refractivity contribution in [1.82, 2.24) is 0 Å². The van der Waals surface area contributed by atoms with Crippen LogP contribution in [0.15, 0.2) is 60.8 Å². The third-order valence-corrected chi connectivity index (χ3v) is 15.7. The molecule has 6 nitrogen and oxygen atoms in total. The first-order chi connectivity index (χ1) is 39.5. The Hall–Kier alpha value is -2.89. The summed E-state index contributed by atoms with van der Waals surface area (Å²) in [7, 11) is 0. The van der Waals surface area contributed by atoms with Crippen LogP contribution in [0.1, 0.15) is 374 Å². The van der Waals surface area contributed by atoms with Crippen LogP contribution < -0.4 is 0 Å². The Labute approximate surface area is 498 Å². The Kier molecular flexibility index (Phi) is 66.1. The highest BCUT2D eigenvalue weighted by molar-refractivity contribution is 5.71. The smallest absolute Gasteiger partial charge is 0.306 e. The van der Waals surface area contributed by atoms with E-state index in [1.54, 1.807) is 0 Å². The lowest BCUT2D eigenvalue weighted by Gasteiger charge is -2.18. The molecular formula is C74H134O6. The van der Waals surface area contributed by atoms with Crippen molar-refractivity contribution in [2.24, 2.45) is 0 Å². The van der Waals surface area contributed by atoms with E-state index in [9.17, 15) is 14.4 Å². The number of esters is 3. The van der Waals surface area contributed by atoms with Gasteiger partial charge in [0.05, 0.1) is 0 Å². The van der Waals surface area contributed by atoms with Crippen LogP contribution in [0.5, 0.6) is 0 Å². The van der Waals surface area contributed by atoms with Gasteiger partial charge in [-0.05, 0) is 89.9 Å². The van der Waals surface area contributed by atoms with Gasteiger partial charge >= 0.3 is 17.9 Å². The van der Waals surface area contributed by atoms with Gasteiger partial charge < -0.3 is 14.2 Å². The molecule has 0 N–H and O–H groups in total. The van der Waals surface area contributed by atoms with Crippen molar-refractivity contribution in [3.63, 3.8) is 0 Å². The van der Waals surface area contributed by atoms with E-state index in [4.69, 9.17) is 14.2 Å². The average molecular weight is 1120 g/mol. The van der Waals surface area contributed by atoms with Gasteiger partial charge in [-0.2, -0.15) is 0 Å². The number of carbonyl (C=O) groups excluding carboxylic acids is 3. The van der Waals surface area contributed by atoms with Crippen molar-refractivity contribution in [3.05, 3.63) is 60.8 Å². The molecule has 0 saturated carbocycles. The van der Waals surface area contributed by atoms with Crippen molar-refractivity contribution in [3.8, 4) is 0 Å². The summed E-state index contributed by atoms with van der Waals surface area (Å²) in [6.07, 6.45) is 88.1. The maximum Gasteiger partial charge on any atom is 0.306 e. The van der Waals surface area contributed by atoms with E-state index in [0.717, 1.165) is 83.5 Å². The molecule has 0 saturated heterocycles. The molecule has 0 aromatic rings. The topological polar surface area (TPSA) is 78.9 Å². The highest BCUT2D eigenvalue weighted by Crippen LogP contribution is 2.18. The zero-order valence-corrected chi connectivity index (χ0v) is 53.6. The van der Waals surface area contributed by atoms with Gasteiger partial charge in [-0.25, -0.2) is 0 Å². The molecule has 0 rings (SSSR count). The summed E-state index contributed by atoms with van der Waals surface area (Å²) in [5.74, 6) is -0.869. The van der Waals surface area contributed by atoms with Crippen LogP contribution in [0, 0.1) is 0 Å². The minimum atomic E-state index is -0.783. The molecule has 0 radical (unpaired) electrons. The first kappa shape index (κ1) is 77.1. The number of rotatable bonds is 65. The molecule has 0 aliphatic carbocycles. The Bertz CT molecular complexity index is 1430. The fraction of sp³-hybridized carbons (Fsp3) is 0.824. The van der Waals surface area contributed by atoms with Crippen molar-refractivity contribution in [2.45, 2.75) is 380 Å². The number of allylic oxidation sites excluding steroid dienone is 10. The minimum absolute atomic E-state index is 0.0765. The Morgan fingerprint density at radius 2 is 0.450 bits per heavy atom. The molecule has 0 aromatic heterocycles. The number of ether oxygens (including phenoxy) is 3.